The summed E-state index contributed by atoms with van der Waals surface area (Å²) in [5.41, 5.74) is 4.66. The van der Waals surface area contributed by atoms with E-state index in [9.17, 15) is 9.59 Å². The van der Waals surface area contributed by atoms with Crippen LogP contribution < -0.4 is 4.90 Å². The normalized spacial score (nSPS) is 28.9. The van der Waals surface area contributed by atoms with Gasteiger partial charge in [-0.3, -0.25) is 9.59 Å². The molecule has 0 saturated carbocycles. The molecule has 0 N–H and O–H groups in total. The van der Waals surface area contributed by atoms with Crippen molar-refractivity contribution in [3.8, 4) is 0 Å². The van der Waals surface area contributed by atoms with E-state index in [0.29, 0.717) is 5.69 Å². The monoisotopic (exact) mass is 511 g/mol. The maximum absolute atomic E-state index is 13.7. The maximum atomic E-state index is 13.7. The first-order valence-corrected chi connectivity index (χ1v) is 11.0. The van der Waals surface area contributed by atoms with Crippen LogP contribution in [0.1, 0.15) is 28.2 Å². The number of anilines is 1. The van der Waals surface area contributed by atoms with Gasteiger partial charge in [-0.15, -0.1) is 11.6 Å². The number of carbonyl (C=O) groups is 2. The van der Waals surface area contributed by atoms with Gasteiger partial charge in [-0.1, -0.05) is 54.6 Å². The number of rotatable bonds is 1. The molecule has 0 unspecified atom stereocenters. The third-order valence-electron chi connectivity index (χ3n) is 6.58. The SMILES string of the molecule is O=C1[C@@H]2C3c4ccccc4C(Cl)(c4ccccc43)[C@H]2C(=O)N1c1cccc(I)c1. The summed E-state index contributed by atoms with van der Waals surface area (Å²) in [6.45, 7) is 0. The topological polar surface area (TPSA) is 37.4 Å². The lowest BCUT2D eigenvalue weighted by atomic mass is 9.54. The number of halogens is 2. The van der Waals surface area contributed by atoms with E-state index >= 15 is 0 Å². The van der Waals surface area contributed by atoms with E-state index in [2.05, 4.69) is 34.7 Å². The number of alkyl halides is 1. The molecule has 0 aromatic heterocycles. The highest BCUT2D eigenvalue weighted by Gasteiger charge is 2.67. The van der Waals surface area contributed by atoms with Crippen LogP contribution in [0.15, 0.2) is 72.8 Å². The predicted molar refractivity (Wildman–Crippen MR) is 120 cm³/mol. The van der Waals surface area contributed by atoms with Gasteiger partial charge in [0.05, 0.1) is 17.5 Å². The molecule has 2 amide bonds. The van der Waals surface area contributed by atoms with Gasteiger partial charge < -0.3 is 0 Å². The second-order valence-corrected chi connectivity index (χ2v) is 9.70. The maximum Gasteiger partial charge on any atom is 0.240 e. The molecule has 142 valence electrons. The zero-order valence-electron chi connectivity index (χ0n) is 15.2. The smallest absolute Gasteiger partial charge is 0.240 e. The highest BCUT2D eigenvalue weighted by atomic mass is 127. The highest BCUT2D eigenvalue weighted by Crippen LogP contribution is 2.65. The molecule has 2 atom stereocenters. The average molecular weight is 512 g/mol. The van der Waals surface area contributed by atoms with Crippen LogP contribution in [0, 0.1) is 15.4 Å². The van der Waals surface area contributed by atoms with Crippen molar-refractivity contribution in [1.29, 1.82) is 0 Å². The Morgan fingerprint density at radius 3 is 2.07 bits per heavy atom. The number of imide groups is 1. The molecule has 3 aliphatic carbocycles. The molecule has 5 heteroatoms. The van der Waals surface area contributed by atoms with Crippen molar-refractivity contribution in [3.63, 3.8) is 0 Å². The number of amides is 2. The van der Waals surface area contributed by atoms with Gasteiger partial charge in [0.2, 0.25) is 11.8 Å². The van der Waals surface area contributed by atoms with Crippen LogP contribution in [0.4, 0.5) is 5.69 Å². The van der Waals surface area contributed by atoms with Crippen LogP contribution in [0.2, 0.25) is 0 Å². The van der Waals surface area contributed by atoms with Crippen LogP contribution in [0.5, 0.6) is 0 Å². The van der Waals surface area contributed by atoms with Crippen LogP contribution in [0.25, 0.3) is 0 Å². The zero-order valence-corrected chi connectivity index (χ0v) is 18.1. The average Bonchev–Trinajstić information content (AvgIpc) is 3.00. The van der Waals surface area contributed by atoms with E-state index in [-0.39, 0.29) is 17.7 Å². The van der Waals surface area contributed by atoms with Crippen molar-refractivity contribution in [2.24, 2.45) is 11.8 Å². The van der Waals surface area contributed by atoms with E-state index < -0.39 is 16.7 Å². The summed E-state index contributed by atoms with van der Waals surface area (Å²) in [7, 11) is 0. The standard InChI is InChI=1S/C24H15ClINO2/c25-24-17-10-3-1-8-15(17)19(16-9-2-4-11-18(16)24)20-21(24)23(29)27(22(20)28)14-7-5-6-13(26)12-14/h1-12,19-21H/t19?,20-,21-,24?/m1/s1. The number of hydrogen-bond donors (Lipinski definition) is 0. The molecule has 0 spiro atoms. The molecule has 4 aliphatic rings. The van der Waals surface area contributed by atoms with Crippen LogP contribution >= 0.6 is 34.2 Å². The summed E-state index contributed by atoms with van der Waals surface area (Å²) in [5, 5.41) is 0. The Hall–Kier alpha value is -2.18. The Morgan fingerprint density at radius 1 is 0.828 bits per heavy atom. The van der Waals surface area contributed by atoms with Crippen molar-refractivity contribution in [2.45, 2.75) is 10.8 Å². The molecule has 3 nitrogen and oxygen atoms in total. The van der Waals surface area contributed by atoms with Crippen molar-refractivity contribution in [1.82, 2.24) is 0 Å². The first-order chi connectivity index (χ1) is 14.0. The van der Waals surface area contributed by atoms with Gasteiger partial charge in [0.25, 0.3) is 0 Å². The van der Waals surface area contributed by atoms with Gasteiger partial charge in [-0.2, -0.15) is 0 Å². The Kier molecular flexibility index (Phi) is 3.61. The number of nitrogens with zero attached hydrogens (tertiary/aromatic N) is 1. The lowest BCUT2D eigenvalue weighted by Crippen LogP contribution is -2.50. The molecule has 1 heterocycles. The molecule has 3 aromatic rings. The molecule has 3 aromatic carbocycles. The second kappa shape index (κ2) is 5.92. The second-order valence-electron chi connectivity index (χ2n) is 7.86. The van der Waals surface area contributed by atoms with E-state index in [1.165, 1.54) is 4.90 Å². The highest BCUT2D eigenvalue weighted by molar-refractivity contribution is 14.1. The molecular weight excluding hydrogens is 497 g/mol. The minimum atomic E-state index is -1.03. The van der Waals surface area contributed by atoms with Crippen LogP contribution in [-0.4, -0.2) is 11.8 Å². The predicted octanol–water partition coefficient (Wildman–Crippen LogP) is 5.04. The summed E-state index contributed by atoms with van der Waals surface area (Å²) in [5.74, 6) is -1.60. The van der Waals surface area contributed by atoms with Gasteiger partial charge in [0.15, 0.2) is 0 Å². The van der Waals surface area contributed by atoms with Crippen LogP contribution in [-0.2, 0) is 14.5 Å². The number of hydrogen-bond acceptors (Lipinski definition) is 2. The van der Waals surface area contributed by atoms with Gasteiger partial charge in [0.1, 0.15) is 4.87 Å². The van der Waals surface area contributed by atoms with E-state index in [4.69, 9.17) is 11.6 Å². The van der Waals surface area contributed by atoms with Crippen molar-refractivity contribution < 1.29 is 9.59 Å². The lowest BCUT2D eigenvalue weighted by Gasteiger charge is -2.50. The van der Waals surface area contributed by atoms with Crippen LogP contribution in [0.3, 0.4) is 0 Å². The van der Waals surface area contributed by atoms with Gasteiger partial charge in [-0.25, -0.2) is 4.90 Å². The molecule has 2 bridgehead atoms. The minimum Gasteiger partial charge on any atom is -0.274 e. The summed E-state index contributed by atoms with van der Waals surface area (Å²) >= 11 is 9.60. The molecular formula is C24H15ClINO2. The zero-order chi connectivity index (χ0) is 19.9. The van der Waals surface area contributed by atoms with Crippen molar-refractivity contribution in [2.75, 3.05) is 4.90 Å². The Morgan fingerprint density at radius 2 is 1.45 bits per heavy atom. The van der Waals surface area contributed by atoms with Gasteiger partial charge >= 0.3 is 0 Å². The van der Waals surface area contributed by atoms with E-state index in [1.807, 2.05) is 60.7 Å². The Bertz CT molecular complexity index is 1180. The third kappa shape index (κ3) is 2.09. The molecule has 29 heavy (non-hydrogen) atoms. The summed E-state index contributed by atoms with van der Waals surface area (Å²) < 4.78 is 0.978. The lowest BCUT2D eigenvalue weighted by molar-refractivity contribution is -0.122. The van der Waals surface area contributed by atoms with Gasteiger partial charge in [0, 0.05) is 9.49 Å². The first kappa shape index (κ1) is 17.7. The number of carbonyl (C=O) groups excluding carboxylic acids is 2. The molecule has 1 aliphatic heterocycles. The van der Waals surface area contributed by atoms with Gasteiger partial charge in [-0.05, 0) is 63.0 Å². The summed E-state index contributed by atoms with van der Waals surface area (Å²) in [6.07, 6.45) is 0. The van der Waals surface area contributed by atoms with E-state index in [1.54, 1.807) is 0 Å². The minimum absolute atomic E-state index is 0.152. The Balaban J connectivity index is 1.63. The number of benzene rings is 3. The molecule has 7 rings (SSSR count). The first-order valence-electron chi connectivity index (χ1n) is 9.54. The molecule has 0 radical (unpaired) electrons. The largest absolute Gasteiger partial charge is 0.274 e. The van der Waals surface area contributed by atoms with E-state index in [0.717, 1.165) is 25.8 Å². The Labute approximate surface area is 186 Å². The van der Waals surface area contributed by atoms with Crippen molar-refractivity contribution in [3.05, 3.63) is 98.6 Å². The fraction of sp³-hybridized carbons (Fsp3) is 0.167. The summed E-state index contributed by atoms with van der Waals surface area (Å²) in [4.78, 5) is 27.7. The van der Waals surface area contributed by atoms with Crippen molar-refractivity contribution >= 4 is 51.7 Å². The fourth-order valence-corrected chi connectivity index (χ4v) is 6.65. The third-order valence-corrected chi connectivity index (χ3v) is 7.89. The quantitative estimate of drug-likeness (QED) is 0.261. The molecule has 1 fully saturated rings. The fourth-order valence-electron chi connectivity index (χ4n) is 5.55. The molecule has 1 saturated heterocycles. The summed E-state index contributed by atoms with van der Waals surface area (Å²) in [6, 6.07) is 23.5.